The Morgan fingerprint density at radius 2 is 1.65 bits per heavy atom. The summed E-state index contributed by atoms with van der Waals surface area (Å²) < 4.78 is 54.8. The van der Waals surface area contributed by atoms with Crippen LogP contribution in [0.5, 0.6) is 11.5 Å². The molecule has 0 spiro atoms. The molecule has 0 saturated carbocycles. The van der Waals surface area contributed by atoms with Gasteiger partial charge in [-0.1, -0.05) is 30.3 Å². The van der Waals surface area contributed by atoms with Gasteiger partial charge in [0, 0.05) is 23.0 Å². The van der Waals surface area contributed by atoms with Gasteiger partial charge in [-0.25, -0.2) is 18.2 Å². The minimum Gasteiger partial charge on any atom is -0.493 e. The number of ether oxygens (including phenoxy) is 2. The molecule has 0 aliphatic rings. The molecule has 4 aromatic rings. The lowest BCUT2D eigenvalue weighted by Gasteiger charge is -2.24. The summed E-state index contributed by atoms with van der Waals surface area (Å²) in [6.45, 7) is 3.09. The number of hydrogen-bond acceptors (Lipinski definition) is 6. The Bertz CT molecular complexity index is 1650. The average Bonchev–Trinajstić information content (AvgIpc) is 3.24. The van der Waals surface area contributed by atoms with Crippen molar-refractivity contribution in [1.29, 1.82) is 0 Å². The van der Waals surface area contributed by atoms with Crippen molar-refractivity contribution in [2.45, 2.75) is 18.7 Å². The molecule has 1 amide bonds. The summed E-state index contributed by atoms with van der Waals surface area (Å²) in [4.78, 5) is 13.0. The van der Waals surface area contributed by atoms with Gasteiger partial charge >= 0.3 is 0 Å². The van der Waals surface area contributed by atoms with E-state index < -0.39 is 22.5 Å². The van der Waals surface area contributed by atoms with Crippen LogP contribution in [0.15, 0.2) is 88.9 Å². The molecule has 1 aromatic heterocycles. The third kappa shape index (κ3) is 5.84. The number of hydrogen-bond donors (Lipinski definition) is 1. The molecule has 40 heavy (non-hydrogen) atoms. The number of carbonyl (C=O) groups excluding carboxylic acids is 1. The Morgan fingerprint density at radius 3 is 2.33 bits per heavy atom. The lowest BCUT2D eigenvalue weighted by Crippen LogP contribution is -2.39. The van der Waals surface area contributed by atoms with Gasteiger partial charge in [0.05, 0.1) is 36.7 Å². The van der Waals surface area contributed by atoms with Crippen LogP contribution in [0.1, 0.15) is 17.0 Å². The monoisotopic (exact) mass is 564 g/mol. The number of carbonyl (C=O) groups is 1. The van der Waals surface area contributed by atoms with Gasteiger partial charge in [0.1, 0.15) is 12.4 Å². The molecular weight excluding hydrogens is 535 g/mol. The molecule has 4 rings (SSSR count). The third-order valence-corrected chi connectivity index (χ3v) is 8.02. The van der Waals surface area contributed by atoms with E-state index in [9.17, 15) is 17.6 Å². The lowest BCUT2D eigenvalue weighted by molar-refractivity contribution is -0.119. The smallest absolute Gasteiger partial charge is 0.264 e. The summed E-state index contributed by atoms with van der Waals surface area (Å²) >= 11 is 0. The summed E-state index contributed by atoms with van der Waals surface area (Å²) in [6, 6.07) is 20.6. The van der Waals surface area contributed by atoms with Crippen molar-refractivity contribution in [2.75, 3.05) is 25.1 Å². The summed E-state index contributed by atoms with van der Waals surface area (Å²) in [7, 11) is -1.23. The number of anilines is 1. The highest BCUT2D eigenvalue weighted by Crippen LogP contribution is 2.33. The Hall–Kier alpha value is -4.64. The number of methoxy groups -OCH3 is 2. The fraction of sp³-hybridized carbons (Fsp3) is 0.172. The van der Waals surface area contributed by atoms with E-state index in [1.54, 1.807) is 47.0 Å². The first-order valence-electron chi connectivity index (χ1n) is 12.2. The van der Waals surface area contributed by atoms with E-state index in [4.69, 9.17) is 9.47 Å². The quantitative estimate of drug-likeness (QED) is 0.224. The number of aromatic nitrogens is 1. The van der Waals surface area contributed by atoms with Gasteiger partial charge in [0.25, 0.3) is 15.9 Å². The molecule has 1 heterocycles. The van der Waals surface area contributed by atoms with Crippen molar-refractivity contribution in [3.8, 4) is 17.2 Å². The first-order valence-corrected chi connectivity index (χ1v) is 13.7. The van der Waals surface area contributed by atoms with Gasteiger partial charge in [-0.2, -0.15) is 5.10 Å². The van der Waals surface area contributed by atoms with Gasteiger partial charge < -0.3 is 14.0 Å². The molecule has 9 nitrogen and oxygen atoms in total. The zero-order valence-electron chi connectivity index (χ0n) is 22.5. The second kappa shape index (κ2) is 12.0. The molecular formula is C29H29FN4O5S. The SMILES string of the molecule is COc1ccc(N(CC(=O)N/N=C\c2cc(C)n(-c3ccccc3F)c2C)S(=O)(=O)c2ccccc2)cc1OC. The van der Waals surface area contributed by atoms with E-state index in [1.165, 1.54) is 50.8 Å². The minimum absolute atomic E-state index is 0.0154. The summed E-state index contributed by atoms with van der Waals surface area (Å²) in [5.41, 5.74) is 5.17. The second-order valence-corrected chi connectivity index (χ2v) is 10.6. The number of amides is 1. The van der Waals surface area contributed by atoms with Crippen LogP contribution in [0, 0.1) is 19.7 Å². The molecule has 0 unspecified atom stereocenters. The Labute approximate surface area is 232 Å². The molecule has 0 atom stereocenters. The highest BCUT2D eigenvalue weighted by Gasteiger charge is 2.28. The topological polar surface area (TPSA) is 102 Å². The van der Waals surface area contributed by atoms with Crippen molar-refractivity contribution < 1.29 is 27.1 Å². The van der Waals surface area contributed by atoms with Crippen molar-refractivity contribution in [3.63, 3.8) is 0 Å². The number of benzene rings is 3. The normalized spacial score (nSPS) is 11.4. The Morgan fingerprint density at radius 1 is 0.975 bits per heavy atom. The summed E-state index contributed by atoms with van der Waals surface area (Å²) in [5.74, 6) is -0.327. The fourth-order valence-electron chi connectivity index (χ4n) is 4.28. The zero-order valence-corrected chi connectivity index (χ0v) is 23.3. The van der Waals surface area contributed by atoms with Gasteiger partial charge in [-0.15, -0.1) is 0 Å². The molecule has 0 aliphatic carbocycles. The number of sulfonamides is 1. The molecule has 0 radical (unpaired) electrons. The predicted octanol–water partition coefficient (Wildman–Crippen LogP) is 4.60. The fourth-order valence-corrected chi connectivity index (χ4v) is 5.71. The molecule has 11 heteroatoms. The maximum atomic E-state index is 14.4. The van der Waals surface area contributed by atoms with E-state index in [2.05, 4.69) is 10.5 Å². The number of nitrogens with zero attached hydrogens (tertiary/aromatic N) is 3. The van der Waals surface area contributed by atoms with Gasteiger partial charge in [0.15, 0.2) is 11.5 Å². The zero-order chi connectivity index (χ0) is 28.9. The van der Waals surface area contributed by atoms with Crippen LogP contribution < -0.4 is 19.2 Å². The molecule has 0 bridgehead atoms. The van der Waals surface area contributed by atoms with E-state index in [0.29, 0.717) is 22.7 Å². The summed E-state index contributed by atoms with van der Waals surface area (Å²) in [6.07, 6.45) is 1.43. The van der Waals surface area contributed by atoms with Gasteiger partial charge in [-0.3, -0.25) is 9.10 Å². The molecule has 1 N–H and O–H groups in total. The van der Waals surface area contributed by atoms with Crippen LogP contribution in [-0.2, 0) is 14.8 Å². The molecule has 0 aliphatic heterocycles. The van der Waals surface area contributed by atoms with Crippen molar-refractivity contribution in [1.82, 2.24) is 9.99 Å². The minimum atomic E-state index is -4.13. The predicted molar refractivity (Wildman–Crippen MR) is 151 cm³/mol. The molecule has 0 saturated heterocycles. The first-order chi connectivity index (χ1) is 19.2. The van der Waals surface area contributed by atoms with Crippen LogP contribution in [0.3, 0.4) is 0 Å². The standard InChI is InChI=1S/C29H29FN4O5S/c1-20-16-22(21(2)34(20)26-13-9-8-12-25(26)30)18-31-32-29(35)19-33(40(36,37)24-10-6-5-7-11-24)23-14-15-27(38-3)28(17-23)39-4/h5-18H,19H2,1-4H3,(H,32,35)/b31-18-. The average molecular weight is 565 g/mol. The number of aryl methyl sites for hydroxylation is 1. The van der Waals surface area contributed by atoms with Crippen LogP contribution in [-0.4, -0.2) is 45.9 Å². The largest absolute Gasteiger partial charge is 0.493 e. The molecule has 3 aromatic carbocycles. The Kier molecular flexibility index (Phi) is 8.54. The van der Waals surface area contributed by atoms with E-state index in [1.807, 2.05) is 19.9 Å². The van der Waals surface area contributed by atoms with Gasteiger partial charge in [-0.05, 0) is 56.3 Å². The first kappa shape index (κ1) is 28.4. The van der Waals surface area contributed by atoms with Crippen molar-refractivity contribution >= 4 is 27.8 Å². The van der Waals surface area contributed by atoms with Crippen LogP contribution in [0.4, 0.5) is 10.1 Å². The summed E-state index contributed by atoms with van der Waals surface area (Å²) in [5, 5.41) is 4.04. The number of para-hydroxylation sites is 1. The van der Waals surface area contributed by atoms with Crippen molar-refractivity contribution in [2.24, 2.45) is 5.10 Å². The van der Waals surface area contributed by atoms with Crippen molar-refractivity contribution in [3.05, 3.63) is 102 Å². The highest BCUT2D eigenvalue weighted by atomic mass is 32.2. The second-order valence-electron chi connectivity index (χ2n) is 8.77. The van der Waals surface area contributed by atoms with E-state index in [0.717, 1.165) is 15.7 Å². The molecule has 0 fully saturated rings. The van der Waals surface area contributed by atoms with E-state index >= 15 is 0 Å². The third-order valence-electron chi connectivity index (χ3n) is 6.23. The van der Waals surface area contributed by atoms with Crippen LogP contribution >= 0.6 is 0 Å². The van der Waals surface area contributed by atoms with Crippen LogP contribution in [0.25, 0.3) is 5.69 Å². The van der Waals surface area contributed by atoms with Crippen LogP contribution in [0.2, 0.25) is 0 Å². The number of nitrogens with one attached hydrogen (secondary N) is 1. The maximum absolute atomic E-state index is 14.4. The van der Waals surface area contributed by atoms with E-state index in [-0.39, 0.29) is 16.4 Å². The number of rotatable bonds is 10. The number of halogens is 1. The molecule has 208 valence electrons. The number of hydrazone groups is 1. The lowest BCUT2D eigenvalue weighted by atomic mass is 10.2. The van der Waals surface area contributed by atoms with Gasteiger partial charge in [0.2, 0.25) is 0 Å². The maximum Gasteiger partial charge on any atom is 0.264 e. The highest BCUT2D eigenvalue weighted by molar-refractivity contribution is 7.92. The Balaban J connectivity index is 1.59.